The fourth-order valence-electron chi connectivity index (χ4n) is 1.89. The quantitative estimate of drug-likeness (QED) is 0.506. The van der Waals surface area contributed by atoms with Gasteiger partial charge in [0, 0.05) is 0 Å². The molecule has 0 aromatic heterocycles. The predicted octanol–water partition coefficient (Wildman–Crippen LogP) is 1.91. The molecule has 1 aliphatic rings. The van der Waals surface area contributed by atoms with Gasteiger partial charge in [-0.1, -0.05) is 29.3 Å². The van der Waals surface area contributed by atoms with E-state index < -0.39 is 6.10 Å². The molecule has 5 nitrogen and oxygen atoms in total. The summed E-state index contributed by atoms with van der Waals surface area (Å²) >= 11 is 11.9. The molecule has 1 saturated heterocycles. The van der Waals surface area contributed by atoms with E-state index in [9.17, 15) is 4.79 Å². The largest absolute Gasteiger partial charge is 0.489 e. The smallest absolute Gasteiger partial charge is 0.263 e. The van der Waals surface area contributed by atoms with Crippen LogP contribution < -0.4 is 16.0 Å². The molecule has 1 fully saturated rings. The van der Waals surface area contributed by atoms with Gasteiger partial charge in [0.1, 0.15) is 23.5 Å². The third-order valence-corrected chi connectivity index (χ3v) is 3.68. The van der Waals surface area contributed by atoms with Gasteiger partial charge in [0.15, 0.2) is 0 Å². The number of nitrogens with two attached hydrogens (primary N) is 1. The van der Waals surface area contributed by atoms with E-state index >= 15 is 0 Å². The molecule has 1 aromatic carbocycles. The summed E-state index contributed by atoms with van der Waals surface area (Å²) in [4.78, 5) is 11.3. The first kappa shape index (κ1) is 14.4. The number of hydrogen-bond acceptors (Lipinski definition) is 4. The Bertz CT molecular complexity index is 470. The average molecular weight is 305 g/mol. The Balaban J connectivity index is 1.87. The first-order chi connectivity index (χ1) is 9.11. The van der Waals surface area contributed by atoms with Crippen molar-refractivity contribution in [1.29, 1.82) is 0 Å². The zero-order chi connectivity index (χ0) is 13.8. The SMILES string of the molecule is NNC(=O)C1CCC(COc2cccc(Cl)c2Cl)O1. The van der Waals surface area contributed by atoms with Gasteiger partial charge in [-0.2, -0.15) is 0 Å². The van der Waals surface area contributed by atoms with E-state index in [2.05, 4.69) is 5.43 Å². The molecule has 2 unspecified atom stereocenters. The van der Waals surface area contributed by atoms with Crippen molar-refractivity contribution in [2.24, 2.45) is 5.84 Å². The lowest BCUT2D eigenvalue weighted by Crippen LogP contribution is -2.39. The molecule has 0 bridgehead atoms. The summed E-state index contributed by atoms with van der Waals surface area (Å²) < 4.78 is 11.1. The topological polar surface area (TPSA) is 73.6 Å². The van der Waals surface area contributed by atoms with Gasteiger partial charge in [-0.15, -0.1) is 0 Å². The van der Waals surface area contributed by atoms with Crippen molar-refractivity contribution in [3.05, 3.63) is 28.2 Å². The first-order valence-electron chi connectivity index (χ1n) is 5.84. The molecule has 1 heterocycles. The van der Waals surface area contributed by atoms with Crippen LogP contribution in [0.2, 0.25) is 10.0 Å². The Hall–Kier alpha value is -1.01. The maximum absolute atomic E-state index is 11.3. The second-order valence-electron chi connectivity index (χ2n) is 4.20. The van der Waals surface area contributed by atoms with E-state index in [1.54, 1.807) is 18.2 Å². The van der Waals surface area contributed by atoms with Gasteiger partial charge < -0.3 is 9.47 Å². The number of amides is 1. The highest BCUT2D eigenvalue weighted by molar-refractivity contribution is 6.42. The highest BCUT2D eigenvalue weighted by Gasteiger charge is 2.30. The number of carbonyl (C=O) groups excluding carboxylic acids is 1. The molecule has 7 heteroatoms. The van der Waals surface area contributed by atoms with Gasteiger partial charge in [0.25, 0.3) is 5.91 Å². The fourth-order valence-corrected chi connectivity index (χ4v) is 2.24. The van der Waals surface area contributed by atoms with Crippen LogP contribution in [0.4, 0.5) is 0 Å². The van der Waals surface area contributed by atoms with E-state index in [1.165, 1.54) is 0 Å². The van der Waals surface area contributed by atoms with Crippen molar-refractivity contribution in [2.45, 2.75) is 25.0 Å². The molecule has 1 amide bonds. The maximum Gasteiger partial charge on any atom is 0.263 e. The van der Waals surface area contributed by atoms with E-state index in [-0.39, 0.29) is 12.0 Å². The number of hydrazine groups is 1. The molecule has 1 aromatic rings. The molecule has 19 heavy (non-hydrogen) atoms. The Kier molecular flexibility index (Phi) is 4.87. The molecular formula is C12H14Cl2N2O3. The van der Waals surface area contributed by atoms with Crippen molar-refractivity contribution in [3.63, 3.8) is 0 Å². The second-order valence-corrected chi connectivity index (χ2v) is 4.98. The summed E-state index contributed by atoms with van der Waals surface area (Å²) in [6, 6.07) is 5.17. The minimum Gasteiger partial charge on any atom is -0.489 e. The Labute approximate surface area is 120 Å². The van der Waals surface area contributed by atoms with Crippen molar-refractivity contribution in [1.82, 2.24) is 5.43 Å². The summed E-state index contributed by atoms with van der Waals surface area (Å²) in [5, 5.41) is 0.810. The number of benzene rings is 1. The zero-order valence-electron chi connectivity index (χ0n) is 10.1. The maximum atomic E-state index is 11.3. The Morgan fingerprint density at radius 1 is 1.47 bits per heavy atom. The number of hydrogen-bond donors (Lipinski definition) is 2. The highest BCUT2D eigenvalue weighted by atomic mass is 35.5. The molecule has 0 radical (unpaired) electrons. The number of halogens is 2. The fraction of sp³-hybridized carbons (Fsp3) is 0.417. The lowest BCUT2D eigenvalue weighted by Gasteiger charge is -2.14. The standard InChI is InChI=1S/C12H14Cl2N2O3/c13-8-2-1-3-9(11(8)14)18-6-7-4-5-10(19-7)12(17)16-15/h1-3,7,10H,4-6,15H2,(H,16,17). The van der Waals surface area contributed by atoms with Crippen LogP contribution in [0.5, 0.6) is 5.75 Å². The Morgan fingerprint density at radius 2 is 2.26 bits per heavy atom. The predicted molar refractivity (Wildman–Crippen MR) is 72.2 cm³/mol. The van der Waals surface area contributed by atoms with E-state index in [4.69, 9.17) is 38.5 Å². The van der Waals surface area contributed by atoms with Gasteiger partial charge in [-0.3, -0.25) is 10.2 Å². The van der Waals surface area contributed by atoms with Crippen molar-refractivity contribution in [2.75, 3.05) is 6.61 Å². The van der Waals surface area contributed by atoms with Crippen LogP contribution in [0.15, 0.2) is 18.2 Å². The van der Waals surface area contributed by atoms with Crippen LogP contribution in [0.1, 0.15) is 12.8 Å². The third-order valence-electron chi connectivity index (χ3n) is 2.88. The van der Waals surface area contributed by atoms with Gasteiger partial charge in [-0.05, 0) is 25.0 Å². The van der Waals surface area contributed by atoms with Crippen LogP contribution in [-0.4, -0.2) is 24.7 Å². The van der Waals surface area contributed by atoms with Gasteiger partial charge in [0.05, 0.1) is 11.1 Å². The molecule has 0 aliphatic carbocycles. The minimum atomic E-state index is -0.506. The number of carbonyl (C=O) groups is 1. The molecule has 0 spiro atoms. The van der Waals surface area contributed by atoms with Crippen molar-refractivity contribution < 1.29 is 14.3 Å². The normalized spacial score (nSPS) is 22.3. The second kappa shape index (κ2) is 6.43. The molecule has 2 atom stereocenters. The van der Waals surface area contributed by atoms with Crippen LogP contribution in [0.25, 0.3) is 0 Å². The van der Waals surface area contributed by atoms with E-state index in [0.29, 0.717) is 28.8 Å². The highest BCUT2D eigenvalue weighted by Crippen LogP contribution is 2.32. The van der Waals surface area contributed by atoms with Crippen LogP contribution in [-0.2, 0) is 9.53 Å². The molecule has 104 valence electrons. The molecule has 0 saturated carbocycles. The molecule has 1 aliphatic heterocycles. The van der Waals surface area contributed by atoms with Gasteiger partial charge in [-0.25, -0.2) is 5.84 Å². The lowest BCUT2D eigenvalue weighted by atomic mass is 10.2. The summed E-state index contributed by atoms with van der Waals surface area (Å²) in [6.45, 7) is 0.314. The van der Waals surface area contributed by atoms with Crippen molar-refractivity contribution >= 4 is 29.1 Å². The van der Waals surface area contributed by atoms with Crippen LogP contribution in [0, 0.1) is 0 Å². The molecule has 3 N–H and O–H groups in total. The van der Waals surface area contributed by atoms with E-state index in [1.807, 2.05) is 0 Å². The van der Waals surface area contributed by atoms with E-state index in [0.717, 1.165) is 6.42 Å². The zero-order valence-corrected chi connectivity index (χ0v) is 11.6. The minimum absolute atomic E-state index is 0.155. The summed E-state index contributed by atoms with van der Waals surface area (Å²) in [5.41, 5.74) is 2.07. The summed E-state index contributed by atoms with van der Waals surface area (Å²) in [5.74, 6) is 5.24. The van der Waals surface area contributed by atoms with Crippen molar-refractivity contribution in [3.8, 4) is 5.75 Å². The summed E-state index contributed by atoms with van der Waals surface area (Å²) in [6.07, 6.45) is 0.696. The average Bonchev–Trinajstić information content (AvgIpc) is 2.88. The molecular weight excluding hydrogens is 291 g/mol. The lowest BCUT2D eigenvalue weighted by molar-refractivity contribution is -0.132. The number of nitrogens with one attached hydrogen (secondary N) is 1. The monoisotopic (exact) mass is 304 g/mol. The van der Waals surface area contributed by atoms with Gasteiger partial charge >= 0.3 is 0 Å². The summed E-state index contributed by atoms with van der Waals surface area (Å²) in [7, 11) is 0. The van der Waals surface area contributed by atoms with Gasteiger partial charge in [0.2, 0.25) is 0 Å². The Morgan fingerprint density at radius 3 is 3.00 bits per heavy atom. The number of rotatable bonds is 4. The first-order valence-corrected chi connectivity index (χ1v) is 6.60. The van der Waals surface area contributed by atoms with Crippen LogP contribution >= 0.6 is 23.2 Å². The molecule has 2 rings (SSSR count). The number of ether oxygens (including phenoxy) is 2. The van der Waals surface area contributed by atoms with Crippen LogP contribution in [0.3, 0.4) is 0 Å². The third kappa shape index (κ3) is 3.51.